The quantitative estimate of drug-likeness (QED) is 0.827. The smallest absolute Gasteiger partial charge is 0.126 e. The molecule has 0 aromatic heterocycles. The van der Waals surface area contributed by atoms with E-state index >= 15 is 0 Å². The first-order valence-electron chi connectivity index (χ1n) is 4.88. The Kier molecular flexibility index (Phi) is 4.31. The summed E-state index contributed by atoms with van der Waals surface area (Å²) in [4.78, 5) is 0. The summed E-state index contributed by atoms with van der Waals surface area (Å²) in [6.07, 6.45) is 2.55. The maximum atomic E-state index is 13.4. The molecule has 0 spiro atoms. The second kappa shape index (κ2) is 5.51. The first-order chi connectivity index (χ1) is 7.20. The highest BCUT2D eigenvalue weighted by atomic mass is 19.1. The van der Waals surface area contributed by atoms with Crippen LogP contribution >= 0.6 is 0 Å². The van der Waals surface area contributed by atoms with Gasteiger partial charge in [0.15, 0.2) is 0 Å². The first-order valence-corrected chi connectivity index (χ1v) is 4.88. The largest absolute Gasteiger partial charge is 0.496 e. The summed E-state index contributed by atoms with van der Waals surface area (Å²) in [6.45, 7) is 1.94. The van der Waals surface area contributed by atoms with E-state index in [1.54, 1.807) is 12.1 Å². The summed E-state index contributed by atoms with van der Waals surface area (Å²) in [7, 11) is 1.54. The van der Waals surface area contributed by atoms with Crippen LogP contribution in [0.25, 0.3) is 6.08 Å². The average molecular weight is 209 g/mol. The van der Waals surface area contributed by atoms with Gasteiger partial charge in [-0.15, -0.1) is 0 Å². The van der Waals surface area contributed by atoms with Crippen LogP contribution in [-0.2, 0) is 0 Å². The highest BCUT2D eigenvalue weighted by molar-refractivity contribution is 5.58. The van der Waals surface area contributed by atoms with Gasteiger partial charge in [0.1, 0.15) is 11.9 Å². The number of ether oxygens (including phenoxy) is 1. The van der Waals surface area contributed by atoms with Crippen LogP contribution in [0.5, 0.6) is 5.75 Å². The number of alkyl halides is 1. The van der Waals surface area contributed by atoms with E-state index in [0.29, 0.717) is 17.9 Å². The van der Waals surface area contributed by atoms with Gasteiger partial charge in [-0.2, -0.15) is 0 Å². The van der Waals surface area contributed by atoms with Crippen LogP contribution < -0.4 is 10.5 Å². The molecule has 1 rings (SSSR count). The van der Waals surface area contributed by atoms with E-state index in [2.05, 4.69) is 0 Å². The van der Waals surface area contributed by atoms with Crippen molar-refractivity contribution in [2.75, 3.05) is 13.7 Å². The minimum atomic E-state index is -1.06. The van der Waals surface area contributed by atoms with Crippen LogP contribution in [0.3, 0.4) is 0 Å². The van der Waals surface area contributed by atoms with Crippen LogP contribution in [-0.4, -0.2) is 13.7 Å². The fourth-order valence-corrected chi connectivity index (χ4v) is 1.51. The van der Waals surface area contributed by atoms with Crippen molar-refractivity contribution in [3.05, 3.63) is 35.4 Å². The molecule has 0 heterocycles. The average Bonchev–Trinajstić information content (AvgIpc) is 2.25. The standard InChI is InChI=1S/C12H16FNO/c1-9(13)12-10(6-4-8-14)5-3-7-11(12)15-2/h3-7,9H,8,14H2,1-2H3/b6-4+. The molecule has 15 heavy (non-hydrogen) atoms. The van der Waals surface area contributed by atoms with Crippen LogP contribution in [0.15, 0.2) is 24.3 Å². The van der Waals surface area contributed by atoms with Gasteiger partial charge in [-0.25, -0.2) is 4.39 Å². The van der Waals surface area contributed by atoms with E-state index in [4.69, 9.17) is 10.5 Å². The summed E-state index contributed by atoms with van der Waals surface area (Å²) in [6, 6.07) is 5.44. The fourth-order valence-electron chi connectivity index (χ4n) is 1.51. The van der Waals surface area contributed by atoms with Gasteiger partial charge < -0.3 is 10.5 Å². The van der Waals surface area contributed by atoms with E-state index in [9.17, 15) is 4.39 Å². The Morgan fingerprint density at radius 2 is 2.27 bits per heavy atom. The molecule has 82 valence electrons. The Balaban J connectivity index is 3.19. The molecule has 0 fully saturated rings. The normalized spacial score (nSPS) is 13.1. The maximum Gasteiger partial charge on any atom is 0.126 e. The zero-order chi connectivity index (χ0) is 11.3. The summed E-state index contributed by atoms with van der Waals surface area (Å²) in [5.74, 6) is 0.573. The third kappa shape index (κ3) is 2.80. The molecule has 1 aromatic carbocycles. The van der Waals surface area contributed by atoms with Crippen molar-refractivity contribution < 1.29 is 9.13 Å². The number of methoxy groups -OCH3 is 1. The molecule has 1 unspecified atom stereocenters. The minimum absolute atomic E-state index is 0.442. The van der Waals surface area contributed by atoms with Crippen LogP contribution in [0.1, 0.15) is 24.2 Å². The molecule has 1 atom stereocenters. The van der Waals surface area contributed by atoms with Crippen molar-refractivity contribution in [2.24, 2.45) is 5.73 Å². The maximum absolute atomic E-state index is 13.4. The summed E-state index contributed by atoms with van der Waals surface area (Å²) in [5.41, 5.74) is 6.75. The molecule has 0 radical (unpaired) electrons. The lowest BCUT2D eigenvalue weighted by Gasteiger charge is -2.12. The summed E-state index contributed by atoms with van der Waals surface area (Å²) in [5, 5.41) is 0. The molecule has 0 amide bonds. The molecule has 0 aliphatic rings. The van der Waals surface area contributed by atoms with Gasteiger partial charge in [0, 0.05) is 12.1 Å². The zero-order valence-electron chi connectivity index (χ0n) is 9.03. The van der Waals surface area contributed by atoms with Crippen molar-refractivity contribution in [3.8, 4) is 5.75 Å². The van der Waals surface area contributed by atoms with Gasteiger partial charge in [-0.1, -0.05) is 24.3 Å². The molecule has 1 aromatic rings. The Bertz CT molecular complexity index is 347. The predicted octanol–water partition coefficient (Wildman–Crippen LogP) is 2.70. The van der Waals surface area contributed by atoms with Gasteiger partial charge in [0.2, 0.25) is 0 Å². The number of halogens is 1. The van der Waals surface area contributed by atoms with Gasteiger partial charge in [0.25, 0.3) is 0 Å². The summed E-state index contributed by atoms with van der Waals surface area (Å²) >= 11 is 0. The number of benzene rings is 1. The van der Waals surface area contributed by atoms with E-state index in [0.717, 1.165) is 5.56 Å². The Hall–Kier alpha value is -1.35. The molecule has 3 heteroatoms. The van der Waals surface area contributed by atoms with Gasteiger partial charge in [-0.05, 0) is 18.6 Å². The fraction of sp³-hybridized carbons (Fsp3) is 0.333. The number of hydrogen-bond donors (Lipinski definition) is 1. The van der Waals surface area contributed by atoms with E-state index in [1.165, 1.54) is 14.0 Å². The second-order valence-electron chi connectivity index (χ2n) is 3.22. The number of nitrogens with two attached hydrogens (primary N) is 1. The van der Waals surface area contributed by atoms with E-state index in [1.807, 2.05) is 18.2 Å². The van der Waals surface area contributed by atoms with Crippen molar-refractivity contribution >= 4 is 6.08 Å². The van der Waals surface area contributed by atoms with Gasteiger partial charge in [-0.3, -0.25) is 0 Å². The third-order valence-electron chi connectivity index (χ3n) is 2.15. The number of hydrogen-bond acceptors (Lipinski definition) is 2. The predicted molar refractivity (Wildman–Crippen MR) is 60.6 cm³/mol. The lowest BCUT2D eigenvalue weighted by atomic mass is 10.0. The van der Waals surface area contributed by atoms with Crippen LogP contribution in [0, 0.1) is 0 Å². The third-order valence-corrected chi connectivity index (χ3v) is 2.15. The van der Waals surface area contributed by atoms with E-state index in [-0.39, 0.29) is 0 Å². The van der Waals surface area contributed by atoms with Crippen LogP contribution in [0.4, 0.5) is 4.39 Å². The topological polar surface area (TPSA) is 35.2 Å². The Morgan fingerprint density at radius 1 is 1.53 bits per heavy atom. The van der Waals surface area contributed by atoms with Crippen molar-refractivity contribution in [1.29, 1.82) is 0 Å². The van der Waals surface area contributed by atoms with Gasteiger partial charge in [0.05, 0.1) is 7.11 Å². The van der Waals surface area contributed by atoms with Gasteiger partial charge >= 0.3 is 0 Å². The lowest BCUT2D eigenvalue weighted by molar-refractivity contribution is 0.346. The Labute approximate surface area is 89.6 Å². The Morgan fingerprint density at radius 3 is 2.80 bits per heavy atom. The molecular formula is C12H16FNO. The first kappa shape index (κ1) is 11.7. The molecule has 0 aliphatic carbocycles. The second-order valence-corrected chi connectivity index (χ2v) is 3.22. The van der Waals surface area contributed by atoms with Crippen molar-refractivity contribution in [1.82, 2.24) is 0 Å². The molecular weight excluding hydrogens is 193 g/mol. The summed E-state index contributed by atoms with van der Waals surface area (Å²) < 4.78 is 18.5. The molecule has 0 aliphatic heterocycles. The van der Waals surface area contributed by atoms with E-state index < -0.39 is 6.17 Å². The monoisotopic (exact) mass is 209 g/mol. The molecule has 2 nitrogen and oxygen atoms in total. The molecule has 0 saturated heterocycles. The highest BCUT2D eigenvalue weighted by Crippen LogP contribution is 2.31. The number of rotatable bonds is 4. The SMILES string of the molecule is COc1cccc(/C=C/CN)c1C(C)F. The molecule has 2 N–H and O–H groups in total. The van der Waals surface area contributed by atoms with Crippen molar-refractivity contribution in [3.63, 3.8) is 0 Å². The lowest BCUT2D eigenvalue weighted by Crippen LogP contribution is -1.97. The zero-order valence-corrected chi connectivity index (χ0v) is 9.03. The minimum Gasteiger partial charge on any atom is -0.496 e. The molecule has 0 saturated carbocycles. The van der Waals surface area contributed by atoms with Crippen molar-refractivity contribution in [2.45, 2.75) is 13.1 Å². The molecule has 0 bridgehead atoms. The highest BCUT2D eigenvalue weighted by Gasteiger charge is 2.13. The van der Waals surface area contributed by atoms with Crippen LogP contribution in [0.2, 0.25) is 0 Å².